The lowest BCUT2D eigenvalue weighted by molar-refractivity contribution is -0.188. The van der Waals surface area contributed by atoms with Crippen LogP contribution < -0.4 is 10.1 Å². The van der Waals surface area contributed by atoms with Crippen LogP contribution in [0.5, 0.6) is 5.75 Å². The molecule has 0 spiro atoms. The van der Waals surface area contributed by atoms with E-state index in [0.717, 1.165) is 47.7 Å². The van der Waals surface area contributed by atoms with E-state index in [4.69, 9.17) is 4.74 Å². The van der Waals surface area contributed by atoms with Crippen LogP contribution in [0.15, 0.2) is 97.2 Å². The summed E-state index contributed by atoms with van der Waals surface area (Å²) in [5.41, 5.74) is 2.65. The number of carbonyl (C=O) groups excluding carboxylic acids is 4. The Morgan fingerprint density at radius 2 is 1.60 bits per heavy atom. The molecule has 2 aliphatic rings. The quantitative estimate of drug-likeness (QED) is 0.0685. The Bertz CT molecular complexity index is 1890. The SMILES string of the molecule is CCCCCCCCC(CCC(=O)Oc1ccccc1)C[C@H]1C(=O)N(Cc2cccc3cccnc23)CC2N1C(=O)CN(C)N2C(=O)NCc1ccccc1. The molecule has 3 heterocycles. The lowest BCUT2D eigenvalue weighted by atomic mass is 9.87. The number of ether oxygens (including phenoxy) is 1. The monoisotopic (exact) mass is 746 g/mol. The van der Waals surface area contributed by atoms with Crippen molar-refractivity contribution in [2.24, 2.45) is 5.92 Å². The second kappa shape index (κ2) is 19.3. The molecule has 4 aromatic rings. The predicted molar refractivity (Wildman–Crippen MR) is 212 cm³/mol. The van der Waals surface area contributed by atoms with Crippen LogP contribution in [0.25, 0.3) is 10.9 Å². The van der Waals surface area contributed by atoms with Gasteiger partial charge in [0.2, 0.25) is 11.8 Å². The third kappa shape index (κ3) is 10.3. The number of nitrogens with one attached hydrogen (secondary N) is 1. The second-order valence-electron chi connectivity index (χ2n) is 14.8. The van der Waals surface area contributed by atoms with Gasteiger partial charge in [0, 0.05) is 38.1 Å². The van der Waals surface area contributed by atoms with Crippen molar-refractivity contribution in [3.8, 4) is 5.75 Å². The van der Waals surface area contributed by atoms with Gasteiger partial charge in [-0.15, -0.1) is 0 Å². The highest BCUT2D eigenvalue weighted by Crippen LogP contribution is 2.33. The standard InChI is InChI=1S/C44H54N6O5/c1-3-4-5-6-7-10-17-33(25-26-41(52)55-37-23-13-9-14-24-37)28-38-43(53)48(30-36-21-15-20-35-22-16-27-45-42(35)36)31-39-49(38)40(51)32-47(2)50(39)44(54)46-29-34-18-11-8-12-19-34/h8-9,11-16,18-24,27,33,38-39H,3-7,10,17,25-26,28-32H2,1-2H3,(H,46,54)/t33?,38-,39?/m0/s1. The molecule has 55 heavy (non-hydrogen) atoms. The minimum absolute atomic E-state index is 0.0314. The number of amides is 4. The van der Waals surface area contributed by atoms with Crippen LogP contribution >= 0.6 is 0 Å². The highest BCUT2D eigenvalue weighted by atomic mass is 16.5. The van der Waals surface area contributed by atoms with E-state index in [1.165, 1.54) is 19.3 Å². The fraction of sp³-hybridized carbons (Fsp3) is 0.432. The topological polar surface area (TPSA) is 115 Å². The van der Waals surface area contributed by atoms with E-state index < -0.39 is 12.2 Å². The summed E-state index contributed by atoms with van der Waals surface area (Å²) in [6, 6.07) is 27.4. The number of fused-ring (bicyclic) bond motifs is 2. The molecule has 1 aromatic heterocycles. The summed E-state index contributed by atoms with van der Waals surface area (Å²) in [7, 11) is 1.74. The highest BCUT2D eigenvalue weighted by molar-refractivity contribution is 5.92. The number of piperazine rings is 1. The minimum atomic E-state index is -0.817. The molecule has 11 nitrogen and oxygen atoms in total. The van der Waals surface area contributed by atoms with Crippen molar-refractivity contribution in [3.05, 3.63) is 108 Å². The molecule has 3 aromatic carbocycles. The summed E-state index contributed by atoms with van der Waals surface area (Å²) < 4.78 is 5.63. The number of unbranched alkanes of at least 4 members (excludes halogenated alkanes) is 5. The number of likely N-dealkylation sites (N-methyl/N-ethyl adjacent to an activating group) is 1. The number of urea groups is 1. The Balaban J connectivity index is 1.27. The number of carbonyl (C=O) groups is 4. The first kappa shape index (κ1) is 39.4. The number of hydrogen-bond acceptors (Lipinski definition) is 7. The first-order valence-electron chi connectivity index (χ1n) is 19.8. The number of aromatic nitrogens is 1. The second-order valence-corrected chi connectivity index (χ2v) is 14.8. The zero-order chi connectivity index (χ0) is 38.6. The molecule has 11 heteroatoms. The summed E-state index contributed by atoms with van der Waals surface area (Å²) in [5.74, 6) is -0.222. The molecule has 4 amide bonds. The van der Waals surface area contributed by atoms with Crippen molar-refractivity contribution in [1.29, 1.82) is 0 Å². The molecule has 2 saturated heterocycles. The molecule has 1 N–H and O–H groups in total. The Hall–Kier alpha value is -5.29. The van der Waals surface area contributed by atoms with Gasteiger partial charge in [0.05, 0.1) is 18.6 Å². The van der Waals surface area contributed by atoms with Crippen molar-refractivity contribution in [2.75, 3.05) is 20.1 Å². The molecule has 0 saturated carbocycles. The van der Waals surface area contributed by atoms with Crippen LogP contribution in [0.3, 0.4) is 0 Å². The highest BCUT2D eigenvalue weighted by Gasteiger charge is 2.51. The summed E-state index contributed by atoms with van der Waals surface area (Å²) >= 11 is 0. The molecule has 3 atom stereocenters. The first-order chi connectivity index (χ1) is 26.8. The zero-order valence-electron chi connectivity index (χ0n) is 32.1. The smallest absolute Gasteiger partial charge is 0.334 e. The van der Waals surface area contributed by atoms with Gasteiger partial charge in [0.15, 0.2) is 0 Å². The van der Waals surface area contributed by atoms with Crippen molar-refractivity contribution >= 4 is 34.7 Å². The van der Waals surface area contributed by atoms with E-state index in [1.807, 2.05) is 78.9 Å². The van der Waals surface area contributed by atoms with E-state index >= 15 is 0 Å². The Kier molecular flexibility index (Phi) is 13.9. The average Bonchev–Trinajstić information content (AvgIpc) is 3.19. The van der Waals surface area contributed by atoms with Gasteiger partial charge in [-0.25, -0.2) is 14.8 Å². The van der Waals surface area contributed by atoms with Gasteiger partial charge in [0.25, 0.3) is 0 Å². The third-order valence-corrected chi connectivity index (χ3v) is 10.8. The number of rotatable bonds is 17. The Morgan fingerprint density at radius 1 is 0.873 bits per heavy atom. The van der Waals surface area contributed by atoms with Crippen LogP contribution in [0.1, 0.15) is 82.3 Å². The average molecular weight is 747 g/mol. The molecule has 0 radical (unpaired) electrons. The zero-order valence-corrected chi connectivity index (χ0v) is 32.1. The lowest BCUT2D eigenvalue weighted by Gasteiger charge is -2.54. The maximum Gasteiger partial charge on any atom is 0.334 e. The van der Waals surface area contributed by atoms with Crippen molar-refractivity contribution in [2.45, 2.75) is 96.4 Å². The van der Waals surface area contributed by atoms with Gasteiger partial charge >= 0.3 is 12.0 Å². The number of esters is 1. The lowest BCUT2D eigenvalue weighted by Crippen LogP contribution is -2.75. The molecule has 290 valence electrons. The van der Waals surface area contributed by atoms with Crippen LogP contribution in [0.4, 0.5) is 4.79 Å². The number of hydrogen-bond donors (Lipinski definition) is 1. The van der Waals surface area contributed by atoms with Crippen molar-refractivity contribution in [3.63, 3.8) is 0 Å². The molecule has 2 unspecified atom stereocenters. The van der Waals surface area contributed by atoms with E-state index in [0.29, 0.717) is 25.1 Å². The predicted octanol–water partition coefficient (Wildman–Crippen LogP) is 7.32. The number of nitrogens with zero attached hydrogens (tertiary/aromatic N) is 5. The summed E-state index contributed by atoms with van der Waals surface area (Å²) in [5, 5.41) is 7.27. The van der Waals surface area contributed by atoms with Crippen LogP contribution in [-0.2, 0) is 27.5 Å². The van der Waals surface area contributed by atoms with Gasteiger partial charge in [-0.2, -0.15) is 0 Å². The first-order valence-corrected chi connectivity index (χ1v) is 19.8. The van der Waals surface area contributed by atoms with E-state index in [1.54, 1.807) is 45.2 Å². The maximum absolute atomic E-state index is 14.8. The molecule has 0 bridgehead atoms. The van der Waals surface area contributed by atoms with Crippen molar-refractivity contribution in [1.82, 2.24) is 30.1 Å². The van der Waals surface area contributed by atoms with Gasteiger partial charge in [0.1, 0.15) is 18.0 Å². The summed E-state index contributed by atoms with van der Waals surface area (Å²) in [4.78, 5) is 64.0. The normalized spacial score (nSPS) is 18.0. The molecule has 2 fully saturated rings. The molecular formula is C44H54N6O5. The fourth-order valence-electron chi connectivity index (χ4n) is 7.93. The minimum Gasteiger partial charge on any atom is -0.427 e. The fourth-order valence-corrected chi connectivity index (χ4v) is 7.93. The molecule has 2 aliphatic heterocycles. The van der Waals surface area contributed by atoms with Gasteiger partial charge in [-0.3, -0.25) is 19.4 Å². The molecule has 6 rings (SSSR count). The maximum atomic E-state index is 14.8. The van der Waals surface area contributed by atoms with Crippen LogP contribution in [0.2, 0.25) is 0 Å². The van der Waals surface area contributed by atoms with Gasteiger partial charge in [-0.05, 0) is 48.1 Å². The number of hydrazine groups is 1. The third-order valence-electron chi connectivity index (χ3n) is 10.8. The van der Waals surface area contributed by atoms with E-state index in [9.17, 15) is 19.2 Å². The number of pyridine rings is 1. The summed E-state index contributed by atoms with van der Waals surface area (Å²) in [6.07, 6.45) is 9.64. The number of para-hydroxylation sites is 2. The number of benzene rings is 3. The van der Waals surface area contributed by atoms with Crippen LogP contribution in [-0.4, -0.2) is 81.0 Å². The Labute approximate surface area is 324 Å². The molecular weight excluding hydrogens is 693 g/mol. The van der Waals surface area contributed by atoms with Crippen molar-refractivity contribution < 1.29 is 23.9 Å². The Morgan fingerprint density at radius 3 is 2.38 bits per heavy atom. The van der Waals surface area contributed by atoms with Gasteiger partial charge in [-0.1, -0.05) is 125 Å². The largest absolute Gasteiger partial charge is 0.427 e. The van der Waals surface area contributed by atoms with Crippen LogP contribution in [0, 0.1) is 5.92 Å². The molecule has 0 aliphatic carbocycles. The summed E-state index contributed by atoms with van der Waals surface area (Å²) in [6.45, 7) is 2.89. The van der Waals surface area contributed by atoms with E-state index in [2.05, 4.69) is 17.2 Å². The van der Waals surface area contributed by atoms with Gasteiger partial charge < -0.3 is 19.9 Å². The van der Waals surface area contributed by atoms with E-state index in [-0.39, 0.29) is 55.8 Å².